The second kappa shape index (κ2) is 8.38. The van der Waals surface area contributed by atoms with E-state index in [4.69, 9.17) is 11.5 Å². The minimum Gasteiger partial charge on any atom is -0.478 e. The summed E-state index contributed by atoms with van der Waals surface area (Å²) in [5.41, 5.74) is 1.23. The van der Waals surface area contributed by atoms with Gasteiger partial charge in [0.25, 0.3) is 0 Å². The summed E-state index contributed by atoms with van der Waals surface area (Å²) in [6.07, 6.45) is 12.1. The predicted molar refractivity (Wildman–Crippen MR) is 89.1 cm³/mol. The number of nitrogens with zero attached hydrogens (tertiary/aromatic N) is 1. The number of terminal acetylenes is 1. The van der Waals surface area contributed by atoms with Crippen molar-refractivity contribution in [2.45, 2.75) is 51.0 Å². The van der Waals surface area contributed by atoms with Gasteiger partial charge in [0.05, 0.1) is 12.1 Å². The Hall–Kier alpha value is -2.28. The lowest BCUT2D eigenvalue weighted by Crippen LogP contribution is -2.41. The van der Waals surface area contributed by atoms with Crippen molar-refractivity contribution < 1.29 is 14.7 Å². The van der Waals surface area contributed by atoms with Gasteiger partial charge in [-0.05, 0) is 37.0 Å². The lowest BCUT2D eigenvalue weighted by atomic mass is 9.93. The number of aromatic carboxylic acids is 1. The van der Waals surface area contributed by atoms with Crippen LogP contribution in [0.4, 0.5) is 0 Å². The summed E-state index contributed by atoms with van der Waals surface area (Å²) < 4.78 is 0. The Morgan fingerprint density at radius 1 is 1.17 bits per heavy atom. The Morgan fingerprint density at radius 3 is 2.39 bits per heavy atom. The van der Waals surface area contributed by atoms with Crippen molar-refractivity contribution in [3.05, 3.63) is 35.4 Å². The van der Waals surface area contributed by atoms with Gasteiger partial charge < -0.3 is 10.0 Å². The fourth-order valence-corrected chi connectivity index (χ4v) is 3.12. The number of rotatable bonds is 6. The second-order valence-electron chi connectivity index (χ2n) is 6.02. The highest BCUT2D eigenvalue weighted by Gasteiger charge is 2.24. The SMILES string of the molecule is C#CCN(C(=O)CCc1ccc(C(=O)O)cc1)C1CCCCC1. The van der Waals surface area contributed by atoms with Crippen molar-refractivity contribution in [3.8, 4) is 12.3 Å². The molecular formula is C19H23NO3. The molecule has 1 aliphatic carbocycles. The highest BCUT2D eigenvalue weighted by atomic mass is 16.4. The molecule has 1 aromatic rings. The molecule has 1 aliphatic rings. The Kier molecular flexibility index (Phi) is 6.22. The van der Waals surface area contributed by atoms with Crippen molar-refractivity contribution >= 4 is 11.9 Å². The highest BCUT2D eigenvalue weighted by molar-refractivity contribution is 5.87. The summed E-state index contributed by atoms with van der Waals surface area (Å²) in [6, 6.07) is 6.96. The third kappa shape index (κ3) is 4.85. The molecule has 0 heterocycles. The molecular weight excluding hydrogens is 290 g/mol. The first-order valence-corrected chi connectivity index (χ1v) is 8.17. The van der Waals surface area contributed by atoms with Gasteiger partial charge in [0.15, 0.2) is 0 Å². The van der Waals surface area contributed by atoms with Gasteiger partial charge >= 0.3 is 5.97 Å². The average Bonchev–Trinajstić information content (AvgIpc) is 2.58. The van der Waals surface area contributed by atoms with E-state index in [2.05, 4.69) is 5.92 Å². The number of amides is 1. The van der Waals surface area contributed by atoms with Crippen LogP contribution in [-0.4, -0.2) is 34.5 Å². The molecule has 1 N–H and O–H groups in total. The van der Waals surface area contributed by atoms with Gasteiger partial charge in [-0.15, -0.1) is 6.42 Å². The normalized spacial score (nSPS) is 14.9. The predicted octanol–water partition coefficient (Wildman–Crippen LogP) is 3.11. The van der Waals surface area contributed by atoms with Crippen molar-refractivity contribution in [1.82, 2.24) is 4.90 Å². The van der Waals surface area contributed by atoms with E-state index in [1.807, 2.05) is 4.90 Å². The van der Waals surface area contributed by atoms with Crippen LogP contribution in [0.1, 0.15) is 54.4 Å². The molecule has 0 unspecified atom stereocenters. The number of carboxylic acids is 1. The van der Waals surface area contributed by atoms with E-state index in [9.17, 15) is 9.59 Å². The van der Waals surface area contributed by atoms with Gasteiger partial charge in [-0.2, -0.15) is 0 Å². The van der Waals surface area contributed by atoms with Crippen LogP contribution in [0.3, 0.4) is 0 Å². The van der Waals surface area contributed by atoms with E-state index in [-0.39, 0.29) is 17.5 Å². The van der Waals surface area contributed by atoms with Crippen LogP contribution in [0.15, 0.2) is 24.3 Å². The quantitative estimate of drug-likeness (QED) is 0.821. The minimum absolute atomic E-state index is 0.0946. The third-order valence-corrected chi connectivity index (χ3v) is 4.43. The minimum atomic E-state index is -0.940. The summed E-state index contributed by atoms with van der Waals surface area (Å²) in [5, 5.41) is 8.89. The molecule has 2 rings (SSSR count). The molecule has 1 fully saturated rings. The van der Waals surface area contributed by atoms with E-state index in [0.29, 0.717) is 19.4 Å². The summed E-state index contributed by atoms with van der Waals surface area (Å²) in [6.45, 7) is 0.376. The van der Waals surface area contributed by atoms with Gasteiger partial charge in [-0.25, -0.2) is 4.79 Å². The van der Waals surface area contributed by atoms with Gasteiger partial charge in [0, 0.05) is 12.5 Å². The van der Waals surface area contributed by atoms with Gasteiger partial charge in [0.1, 0.15) is 0 Å². The average molecular weight is 313 g/mol. The first-order chi connectivity index (χ1) is 11.1. The summed E-state index contributed by atoms with van der Waals surface area (Å²) >= 11 is 0. The lowest BCUT2D eigenvalue weighted by Gasteiger charge is -2.33. The molecule has 4 heteroatoms. The fraction of sp³-hybridized carbons (Fsp3) is 0.474. The maximum atomic E-state index is 12.5. The number of hydrogen-bond acceptors (Lipinski definition) is 2. The van der Waals surface area contributed by atoms with E-state index in [1.54, 1.807) is 24.3 Å². The van der Waals surface area contributed by atoms with Crippen LogP contribution < -0.4 is 0 Å². The van der Waals surface area contributed by atoms with Crippen molar-refractivity contribution in [2.24, 2.45) is 0 Å². The van der Waals surface area contributed by atoms with Crippen LogP contribution in [0.2, 0.25) is 0 Å². The van der Waals surface area contributed by atoms with Crippen LogP contribution in [0.25, 0.3) is 0 Å². The smallest absolute Gasteiger partial charge is 0.335 e. The van der Waals surface area contributed by atoms with Crippen LogP contribution in [0.5, 0.6) is 0 Å². The Labute approximate surface area is 137 Å². The van der Waals surface area contributed by atoms with E-state index < -0.39 is 5.97 Å². The van der Waals surface area contributed by atoms with Crippen LogP contribution >= 0.6 is 0 Å². The van der Waals surface area contributed by atoms with Crippen molar-refractivity contribution in [3.63, 3.8) is 0 Å². The summed E-state index contributed by atoms with van der Waals surface area (Å²) in [7, 11) is 0. The number of hydrogen-bond donors (Lipinski definition) is 1. The molecule has 1 aromatic carbocycles. The van der Waals surface area contributed by atoms with Crippen molar-refractivity contribution in [2.75, 3.05) is 6.54 Å². The summed E-state index contributed by atoms with van der Waals surface area (Å²) in [5.74, 6) is 1.76. The second-order valence-corrected chi connectivity index (χ2v) is 6.02. The summed E-state index contributed by atoms with van der Waals surface area (Å²) in [4.78, 5) is 25.2. The molecule has 4 nitrogen and oxygen atoms in total. The number of carboxylic acid groups (broad SMARTS) is 1. The molecule has 1 amide bonds. The molecule has 0 radical (unpaired) electrons. The van der Waals surface area contributed by atoms with E-state index in [0.717, 1.165) is 31.2 Å². The molecule has 0 saturated heterocycles. The maximum absolute atomic E-state index is 12.5. The lowest BCUT2D eigenvalue weighted by molar-refractivity contribution is -0.133. The fourth-order valence-electron chi connectivity index (χ4n) is 3.12. The van der Waals surface area contributed by atoms with Crippen LogP contribution in [0, 0.1) is 12.3 Å². The Bertz CT molecular complexity index is 580. The van der Waals surface area contributed by atoms with Gasteiger partial charge in [-0.3, -0.25) is 4.79 Å². The van der Waals surface area contributed by atoms with E-state index >= 15 is 0 Å². The zero-order valence-corrected chi connectivity index (χ0v) is 13.3. The zero-order valence-electron chi connectivity index (χ0n) is 13.3. The first-order valence-electron chi connectivity index (χ1n) is 8.17. The van der Waals surface area contributed by atoms with E-state index in [1.165, 1.54) is 6.42 Å². The largest absolute Gasteiger partial charge is 0.478 e. The molecule has 0 aromatic heterocycles. The molecule has 0 aliphatic heterocycles. The molecule has 1 saturated carbocycles. The standard InChI is InChI=1S/C19H23NO3/c1-2-14-20(17-6-4-3-5-7-17)18(21)13-10-15-8-11-16(12-9-15)19(22)23/h1,8-9,11-12,17H,3-7,10,13-14H2,(H,22,23). The highest BCUT2D eigenvalue weighted by Crippen LogP contribution is 2.23. The number of benzene rings is 1. The van der Waals surface area contributed by atoms with Crippen molar-refractivity contribution in [1.29, 1.82) is 0 Å². The maximum Gasteiger partial charge on any atom is 0.335 e. The molecule has 23 heavy (non-hydrogen) atoms. The molecule has 0 bridgehead atoms. The molecule has 0 atom stereocenters. The topological polar surface area (TPSA) is 57.6 Å². The third-order valence-electron chi connectivity index (χ3n) is 4.43. The number of carbonyl (C=O) groups excluding carboxylic acids is 1. The monoisotopic (exact) mass is 313 g/mol. The molecule has 0 spiro atoms. The number of aryl methyl sites for hydroxylation is 1. The van der Waals surface area contributed by atoms with Gasteiger partial charge in [0.2, 0.25) is 5.91 Å². The zero-order chi connectivity index (χ0) is 16.7. The molecule has 122 valence electrons. The number of carbonyl (C=O) groups is 2. The first kappa shape index (κ1) is 17.1. The van der Waals surface area contributed by atoms with Gasteiger partial charge in [-0.1, -0.05) is 37.3 Å². The Morgan fingerprint density at radius 2 is 1.83 bits per heavy atom. The van der Waals surface area contributed by atoms with Crippen LogP contribution in [-0.2, 0) is 11.2 Å². The Balaban J connectivity index is 1.93.